The van der Waals surface area contributed by atoms with Gasteiger partial charge in [-0.2, -0.15) is 4.31 Å². The summed E-state index contributed by atoms with van der Waals surface area (Å²) in [6, 6.07) is 18.9. The van der Waals surface area contributed by atoms with Crippen molar-refractivity contribution in [2.24, 2.45) is 17.6 Å². The molecule has 3 aromatic rings. The third-order valence-electron chi connectivity index (χ3n) is 7.04. The Bertz CT molecular complexity index is 1480. The minimum Gasteiger partial charge on any atom is -0.390 e. The molecule has 3 rings (SSSR count). The van der Waals surface area contributed by atoms with Gasteiger partial charge in [0.05, 0.1) is 29.8 Å². The van der Waals surface area contributed by atoms with E-state index in [-0.39, 0.29) is 44.0 Å². The lowest BCUT2D eigenvalue weighted by Crippen LogP contribution is -2.52. The van der Waals surface area contributed by atoms with Crippen LogP contribution in [0.1, 0.15) is 49.2 Å². The highest BCUT2D eigenvalue weighted by molar-refractivity contribution is 7.88. The van der Waals surface area contributed by atoms with Crippen molar-refractivity contribution in [3.8, 4) is 0 Å². The summed E-state index contributed by atoms with van der Waals surface area (Å²) in [7, 11) is -3.64. The van der Waals surface area contributed by atoms with Crippen molar-refractivity contribution in [1.82, 2.24) is 14.6 Å². The average Bonchev–Trinajstić information content (AvgIpc) is 2.93. The summed E-state index contributed by atoms with van der Waals surface area (Å²) in [5.41, 5.74) is 7.02. The summed E-state index contributed by atoms with van der Waals surface area (Å²) < 4.78 is 26.2. The Morgan fingerprint density at radius 3 is 2.29 bits per heavy atom. The number of carbonyl (C=O) groups excluding carboxylic acids is 3. The van der Waals surface area contributed by atoms with Gasteiger partial charge in [-0.3, -0.25) is 14.4 Å². The first-order valence-electron chi connectivity index (χ1n) is 14.0. The molecule has 11 heteroatoms. The summed E-state index contributed by atoms with van der Waals surface area (Å²) in [6.07, 6.45) is -0.107. The number of carbonyl (C=O) groups is 3. The van der Waals surface area contributed by atoms with Gasteiger partial charge in [0.25, 0.3) is 0 Å². The van der Waals surface area contributed by atoms with Crippen molar-refractivity contribution < 1.29 is 27.9 Å². The van der Waals surface area contributed by atoms with Crippen molar-refractivity contribution in [2.75, 3.05) is 19.3 Å². The number of benzene rings is 2. The number of nitrogens with zero attached hydrogens (tertiary/aromatic N) is 2. The SMILES string of the molecule is CC(C)CCN(C[C@@H](O)[C@H](Cc1ccccc1)NC(=O)[C@H](CC(N)=O)CC(=O)c1ccc2ccccc2n1)S(C)(=O)=O. The van der Waals surface area contributed by atoms with Gasteiger partial charge in [-0.25, -0.2) is 13.4 Å². The fourth-order valence-electron chi connectivity index (χ4n) is 4.63. The van der Waals surface area contributed by atoms with Crippen LogP contribution in [0, 0.1) is 11.8 Å². The number of hydrogen-bond donors (Lipinski definition) is 3. The summed E-state index contributed by atoms with van der Waals surface area (Å²) in [6.45, 7) is 3.94. The number of amides is 2. The van der Waals surface area contributed by atoms with Crippen LogP contribution in [0.3, 0.4) is 0 Å². The van der Waals surface area contributed by atoms with E-state index in [0.717, 1.165) is 17.2 Å². The van der Waals surface area contributed by atoms with Crippen molar-refractivity contribution >= 4 is 38.5 Å². The van der Waals surface area contributed by atoms with Crippen LogP contribution in [0.2, 0.25) is 0 Å². The number of ketones is 1. The second kappa shape index (κ2) is 15.0. The number of fused-ring (bicyclic) bond motifs is 1. The Hall–Kier alpha value is -3.67. The van der Waals surface area contributed by atoms with Crippen LogP contribution in [-0.4, -0.2) is 71.9 Å². The monoisotopic (exact) mass is 596 g/mol. The molecule has 0 unspecified atom stereocenters. The highest BCUT2D eigenvalue weighted by Crippen LogP contribution is 2.18. The van der Waals surface area contributed by atoms with Crippen LogP contribution in [-0.2, 0) is 26.0 Å². The number of aliphatic hydroxyl groups excluding tert-OH is 1. The molecule has 42 heavy (non-hydrogen) atoms. The Labute approximate surface area is 247 Å². The number of nitrogens with one attached hydrogen (secondary N) is 1. The fourth-order valence-corrected chi connectivity index (χ4v) is 5.49. The van der Waals surface area contributed by atoms with E-state index in [2.05, 4.69) is 10.3 Å². The third-order valence-corrected chi connectivity index (χ3v) is 8.31. The van der Waals surface area contributed by atoms with E-state index in [1.807, 2.05) is 56.3 Å². The lowest BCUT2D eigenvalue weighted by Gasteiger charge is -2.30. The summed E-state index contributed by atoms with van der Waals surface area (Å²) in [4.78, 5) is 43.0. The van der Waals surface area contributed by atoms with Crippen LogP contribution in [0.25, 0.3) is 10.9 Å². The number of primary amides is 1. The first-order chi connectivity index (χ1) is 19.8. The van der Waals surface area contributed by atoms with Crippen LogP contribution in [0.5, 0.6) is 0 Å². The molecule has 0 fully saturated rings. The largest absolute Gasteiger partial charge is 0.390 e. The number of aromatic nitrogens is 1. The van der Waals surface area contributed by atoms with Crippen LogP contribution in [0.4, 0.5) is 0 Å². The van der Waals surface area contributed by atoms with Crippen LogP contribution >= 0.6 is 0 Å². The van der Waals surface area contributed by atoms with Crippen molar-refractivity contribution in [2.45, 2.75) is 51.7 Å². The van der Waals surface area contributed by atoms with Crippen LogP contribution < -0.4 is 11.1 Å². The molecule has 1 aromatic heterocycles. The van der Waals surface area contributed by atoms with E-state index in [4.69, 9.17) is 5.73 Å². The van der Waals surface area contributed by atoms with E-state index in [1.165, 1.54) is 4.31 Å². The Morgan fingerprint density at radius 2 is 1.64 bits per heavy atom. The quantitative estimate of drug-likeness (QED) is 0.214. The minimum atomic E-state index is -3.64. The molecule has 2 aromatic carbocycles. The van der Waals surface area contributed by atoms with Crippen molar-refractivity contribution in [1.29, 1.82) is 0 Å². The standard InChI is InChI=1S/C31H40N4O6S/c1-21(2)15-16-35(42(3,40)41)20-29(37)27(17-22-9-5-4-6-10-22)34-31(39)24(19-30(32)38)18-28(36)26-14-13-23-11-7-8-12-25(23)33-26/h4-14,21,24,27,29,37H,15-20H2,1-3H3,(H2,32,38)(H,34,39)/t24-,27-,29+/m0/s1. The highest BCUT2D eigenvalue weighted by Gasteiger charge is 2.31. The zero-order valence-corrected chi connectivity index (χ0v) is 25.1. The van der Waals surface area contributed by atoms with Gasteiger partial charge in [-0.15, -0.1) is 0 Å². The molecule has 0 spiro atoms. The maximum atomic E-state index is 13.5. The number of Topliss-reactive ketones (excluding diaryl/α,β-unsaturated/α-hetero) is 1. The van der Waals surface area contributed by atoms with E-state index >= 15 is 0 Å². The van der Waals surface area contributed by atoms with Crippen molar-refractivity contribution in [3.63, 3.8) is 0 Å². The number of rotatable bonds is 16. The predicted octanol–water partition coefficient (Wildman–Crippen LogP) is 2.70. The van der Waals surface area contributed by atoms with Crippen molar-refractivity contribution in [3.05, 3.63) is 78.0 Å². The molecule has 4 N–H and O–H groups in total. The first-order valence-corrected chi connectivity index (χ1v) is 15.8. The topological polar surface area (TPSA) is 160 Å². The number of aliphatic hydroxyl groups is 1. The summed E-state index contributed by atoms with van der Waals surface area (Å²) in [5.74, 6) is -2.70. The molecule has 0 aliphatic heterocycles. The van der Waals surface area contributed by atoms with E-state index < -0.39 is 45.7 Å². The molecule has 0 aliphatic carbocycles. The number of pyridine rings is 1. The van der Waals surface area contributed by atoms with Gasteiger partial charge in [-0.05, 0) is 36.5 Å². The molecule has 0 saturated heterocycles. The van der Waals surface area contributed by atoms with E-state index in [0.29, 0.717) is 11.9 Å². The van der Waals surface area contributed by atoms with E-state index in [1.54, 1.807) is 24.3 Å². The predicted molar refractivity (Wildman–Crippen MR) is 162 cm³/mol. The Balaban J connectivity index is 1.83. The molecular formula is C31H40N4O6S. The second-order valence-corrected chi connectivity index (χ2v) is 13.0. The lowest BCUT2D eigenvalue weighted by atomic mass is 9.94. The summed E-state index contributed by atoms with van der Waals surface area (Å²) >= 11 is 0. The average molecular weight is 597 g/mol. The highest BCUT2D eigenvalue weighted by atomic mass is 32.2. The maximum Gasteiger partial charge on any atom is 0.224 e. The number of nitrogens with two attached hydrogens (primary N) is 1. The molecule has 226 valence electrons. The molecule has 0 saturated carbocycles. The number of para-hydroxylation sites is 1. The van der Waals surface area contributed by atoms with Gasteiger partial charge in [0, 0.05) is 31.3 Å². The normalized spacial score (nSPS) is 14.0. The van der Waals surface area contributed by atoms with Gasteiger partial charge < -0.3 is 16.2 Å². The molecule has 0 bridgehead atoms. The molecule has 1 heterocycles. The number of sulfonamides is 1. The second-order valence-electron chi connectivity index (χ2n) is 11.1. The summed E-state index contributed by atoms with van der Waals surface area (Å²) in [5, 5.41) is 14.9. The smallest absolute Gasteiger partial charge is 0.224 e. The Kier molecular flexibility index (Phi) is 11.7. The van der Waals surface area contributed by atoms with Gasteiger partial charge in [0.2, 0.25) is 21.8 Å². The minimum absolute atomic E-state index is 0.158. The van der Waals surface area contributed by atoms with Gasteiger partial charge in [-0.1, -0.05) is 68.4 Å². The first kappa shape index (κ1) is 32.8. The third kappa shape index (κ3) is 10.0. The molecule has 0 aliphatic rings. The molecule has 2 amide bonds. The lowest BCUT2D eigenvalue weighted by molar-refractivity contribution is -0.130. The maximum absolute atomic E-state index is 13.5. The van der Waals surface area contributed by atoms with Gasteiger partial charge in [0.1, 0.15) is 5.69 Å². The molecule has 10 nitrogen and oxygen atoms in total. The molecule has 3 atom stereocenters. The fraction of sp³-hybridized carbons (Fsp3) is 0.419. The van der Waals surface area contributed by atoms with Gasteiger partial charge >= 0.3 is 0 Å². The van der Waals surface area contributed by atoms with Gasteiger partial charge in [0.15, 0.2) is 5.78 Å². The molecule has 0 radical (unpaired) electrons. The van der Waals surface area contributed by atoms with E-state index in [9.17, 15) is 27.9 Å². The molecular weight excluding hydrogens is 556 g/mol. The van der Waals surface area contributed by atoms with Crippen LogP contribution in [0.15, 0.2) is 66.7 Å². The zero-order valence-electron chi connectivity index (χ0n) is 24.3. The number of hydrogen-bond acceptors (Lipinski definition) is 7. The Morgan fingerprint density at radius 1 is 0.976 bits per heavy atom. The zero-order chi connectivity index (χ0) is 30.9.